The van der Waals surface area contributed by atoms with Crippen molar-refractivity contribution in [3.63, 3.8) is 0 Å². The molecule has 2 rings (SSSR count). The van der Waals surface area contributed by atoms with Crippen molar-refractivity contribution in [2.75, 3.05) is 20.1 Å². The van der Waals surface area contributed by atoms with E-state index in [9.17, 15) is 4.79 Å². The Labute approximate surface area is 106 Å². The number of hydrogen-bond donors (Lipinski definition) is 2. The van der Waals surface area contributed by atoms with Gasteiger partial charge >= 0.3 is 0 Å². The second-order valence-corrected chi connectivity index (χ2v) is 5.41. The molecule has 1 aromatic carbocycles. The normalized spacial score (nSPS) is 17.8. The van der Waals surface area contributed by atoms with E-state index in [2.05, 4.69) is 22.8 Å². The topological polar surface area (TPSA) is 41.1 Å². The first-order valence-corrected chi connectivity index (χ1v) is 6.86. The van der Waals surface area contributed by atoms with Crippen molar-refractivity contribution in [3.8, 4) is 0 Å². The second kappa shape index (κ2) is 6.07. The van der Waals surface area contributed by atoms with Gasteiger partial charge in [0.2, 0.25) is 5.91 Å². The van der Waals surface area contributed by atoms with Gasteiger partial charge in [-0.15, -0.1) is 11.8 Å². The molecule has 1 atom stereocenters. The summed E-state index contributed by atoms with van der Waals surface area (Å²) in [5, 5.41) is 6.12. The highest BCUT2D eigenvalue weighted by Crippen LogP contribution is 2.36. The van der Waals surface area contributed by atoms with Crippen molar-refractivity contribution in [3.05, 3.63) is 29.8 Å². The van der Waals surface area contributed by atoms with Crippen LogP contribution in [0.3, 0.4) is 0 Å². The number of hydrogen-bond acceptors (Lipinski definition) is 3. The molecule has 0 spiro atoms. The number of benzene rings is 1. The SMILES string of the molecule is CNCCCNC(=O)C1Cc2ccccc2S1. The molecule has 0 radical (unpaired) electrons. The molecule has 1 aliphatic heterocycles. The second-order valence-electron chi connectivity index (χ2n) is 4.17. The Morgan fingerprint density at radius 1 is 1.41 bits per heavy atom. The average Bonchev–Trinajstić information content (AvgIpc) is 2.78. The highest BCUT2D eigenvalue weighted by Gasteiger charge is 2.27. The summed E-state index contributed by atoms with van der Waals surface area (Å²) in [5.74, 6) is 0.169. The van der Waals surface area contributed by atoms with E-state index in [1.54, 1.807) is 11.8 Å². The molecule has 1 aromatic rings. The van der Waals surface area contributed by atoms with Crippen molar-refractivity contribution >= 4 is 17.7 Å². The fraction of sp³-hybridized carbons (Fsp3) is 0.462. The molecular weight excluding hydrogens is 232 g/mol. The Morgan fingerprint density at radius 2 is 2.24 bits per heavy atom. The minimum atomic E-state index is 0.0574. The van der Waals surface area contributed by atoms with Gasteiger partial charge in [0.25, 0.3) is 0 Å². The van der Waals surface area contributed by atoms with Crippen LogP contribution in [0.2, 0.25) is 0 Å². The van der Waals surface area contributed by atoms with E-state index < -0.39 is 0 Å². The van der Waals surface area contributed by atoms with Crippen LogP contribution in [0.4, 0.5) is 0 Å². The van der Waals surface area contributed by atoms with Crippen LogP contribution in [0.15, 0.2) is 29.2 Å². The van der Waals surface area contributed by atoms with Gasteiger partial charge in [0.1, 0.15) is 0 Å². The summed E-state index contributed by atoms with van der Waals surface area (Å²) < 4.78 is 0. The summed E-state index contributed by atoms with van der Waals surface area (Å²) in [5.41, 5.74) is 1.30. The molecule has 1 aliphatic rings. The third-order valence-electron chi connectivity index (χ3n) is 2.84. The van der Waals surface area contributed by atoms with Gasteiger partial charge < -0.3 is 10.6 Å². The van der Waals surface area contributed by atoms with Crippen molar-refractivity contribution in [2.45, 2.75) is 23.0 Å². The van der Waals surface area contributed by atoms with Gasteiger partial charge in [0.05, 0.1) is 5.25 Å². The van der Waals surface area contributed by atoms with Gasteiger partial charge in [-0.3, -0.25) is 4.79 Å². The van der Waals surface area contributed by atoms with E-state index in [1.165, 1.54) is 10.5 Å². The van der Waals surface area contributed by atoms with Crippen molar-refractivity contribution < 1.29 is 4.79 Å². The first-order chi connectivity index (χ1) is 8.31. The smallest absolute Gasteiger partial charge is 0.233 e. The van der Waals surface area contributed by atoms with Crippen LogP contribution >= 0.6 is 11.8 Å². The maximum atomic E-state index is 11.9. The number of thioether (sulfide) groups is 1. The molecule has 1 amide bonds. The van der Waals surface area contributed by atoms with Crippen LogP contribution in [-0.2, 0) is 11.2 Å². The van der Waals surface area contributed by atoms with Crippen LogP contribution in [-0.4, -0.2) is 31.3 Å². The number of carbonyl (C=O) groups is 1. The van der Waals surface area contributed by atoms with Gasteiger partial charge in [-0.2, -0.15) is 0 Å². The van der Waals surface area contributed by atoms with Crippen LogP contribution in [0.5, 0.6) is 0 Å². The van der Waals surface area contributed by atoms with Gasteiger partial charge in [-0.1, -0.05) is 18.2 Å². The Hall–Kier alpha value is -1.00. The Bertz CT molecular complexity index is 370. The van der Waals surface area contributed by atoms with Gasteiger partial charge in [0, 0.05) is 11.4 Å². The molecule has 0 saturated heterocycles. The van der Waals surface area contributed by atoms with E-state index in [0.717, 1.165) is 25.9 Å². The quantitative estimate of drug-likeness (QED) is 0.777. The lowest BCUT2D eigenvalue weighted by Crippen LogP contribution is -2.34. The number of rotatable bonds is 5. The number of fused-ring (bicyclic) bond motifs is 1. The maximum Gasteiger partial charge on any atom is 0.233 e. The molecule has 0 bridgehead atoms. The largest absolute Gasteiger partial charge is 0.355 e. The van der Waals surface area contributed by atoms with Crippen LogP contribution < -0.4 is 10.6 Å². The van der Waals surface area contributed by atoms with Crippen molar-refractivity contribution in [1.29, 1.82) is 0 Å². The summed E-state index contributed by atoms with van der Waals surface area (Å²) in [7, 11) is 1.92. The van der Waals surface area contributed by atoms with Crippen LogP contribution in [0.1, 0.15) is 12.0 Å². The summed E-state index contributed by atoms with van der Waals surface area (Å²) >= 11 is 1.68. The van der Waals surface area contributed by atoms with Gasteiger partial charge in [0.15, 0.2) is 0 Å². The lowest BCUT2D eigenvalue weighted by atomic mass is 10.1. The number of amides is 1. The monoisotopic (exact) mass is 250 g/mol. The highest BCUT2D eigenvalue weighted by atomic mass is 32.2. The highest BCUT2D eigenvalue weighted by molar-refractivity contribution is 8.01. The lowest BCUT2D eigenvalue weighted by Gasteiger charge is -2.09. The molecule has 3 nitrogen and oxygen atoms in total. The van der Waals surface area contributed by atoms with Crippen LogP contribution in [0.25, 0.3) is 0 Å². The van der Waals surface area contributed by atoms with Crippen LogP contribution in [0, 0.1) is 0 Å². The predicted octanol–water partition coefficient (Wildman–Crippen LogP) is 1.43. The van der Waals surface area contributed by atoms with E-state index in [1.807, 2.05) is 19.2 Å². The molecule has 0 aromatic heterocycles. The summed E-state index contributed by atoms with van der Waals surface area (Å²) in [6, 6.07) is 8.26. The molecule has 0 fully saturated rings. The predicted molar refractivity (Wildman–Crippen MR) is 71.3 cm³/mol. The third-order valence-corrected chi connectivity index (χ3v) is 4.16. The van der Waals surface area contributed by atoms with Crippen molar-refractivity contribution in [1.82, 2.24) is 10.6 Å². The number of nitrogens with one attached hydrogen (secondary N) is 2. The molecule has 0 aliphatic carbocycles. The molecule has 1 unspecified atom stereocenters. The van der Waals surface area contributed by atoms with E-state index >= 15 is 0 Å². The fourth-order valence-corrected chi connectivity index (χ4v) is 3.14. The molecular formula is C13H18N2OS. The van der Waals surface area contributed by atoms with E-state index in [0.29, 0.717) is 0 Å². The van der Waals surface area contributed by atoms with Crippen molar-refractivity contribution in [2.24, 2.45) is 0 Å². The Kier molecular flexibility index (Phi) is 4.45. The summed E-state index contributed by atoms with van der Waals surface area (Å²) in [6.07, 6.45) is 1.84. The standard InChI is InChI=1S/C13H18N2OS/c1-14-7-4-8-15-13(16)12-9-10-5-2-3-6-11(10)17-12/h2-3,5-6,12,14H,4,7-9H2,1H3,(H,15,16). The fourth-order valence-electron chi connectivity index (χ4n) is 1.92. The lowest BCUT2D eigenvalue weighted by molar-refractivity contribution is -0.120. The molecule has 17 heavy (non-hydrogen) atoms. The maximum absolute atomic E-state index is 11.9. The van der Waals surface area contributed by atoms with E-state index in [4.69, 9.17) is 0 Å². The molecule has 4 heteroatoms. The zero-order valence-electron chi connectivity index (χ0n) is 10.0. The summed E-state index contributed by atoms with van der Waals surface area (Å²) in [6.45, 7) is 1.70. The van der Waals surface area contributed by atoms with Gasteiger partial charge in [-0.25, -0.2) is 0 Å². The van der Waals surface area contributed by atoms with Gasteiger partial charge in [-0.05, 0) is 38.1 Å². The minimum Gasteiger partial charge on any atom is -0.355 e. The Morgan fingerprint density at radius 3 is 3.00 bits per heavy atom. The zero-order valence-corrected chi connectivity index (χ0v) is 10.8. The zero-order chi connectivity index (χ0) is 12.1. The first-order valence-electron chi connectivity index (χ1n) is 5.98. The molecule has 92 valence electrons. The average molecular weight is 250 g/mol. The molecule has 2 N–H and O–H groups in total. The van der Waals surface area contributed by atoms with E-state index in [-0.39, 0.29) is 11.2 Å². The third kappa shape index (κ3) is 3.23. The molecule has 0 saturated carbocycles. The molecule has 1 heterocycles. The number of carbonyl (C=O) groups excluding carboxylic acids is 1. The Balaban J connectivity index is 1.80. The minimum absolute atomic E-state index is 0.0574. The first kappa shape index (κ1) is 12.5. The summed E-state index contributed by atoms with van der Waals surface area (Å²) in [4.78, 5) is 13.2.